The van der Waals surface area contributed by atoms with Crippen LogP contribution in [0.3, 0.4) is 0 Å². The number of nitrogens with one attached hydrogen (secondary N) is 3. The molecule has 3 N–H and O–H groups in total. The van der Waals surface area contributed by atoms with Gasteiger partial charge in [-0.3, -0.25) is 18.8 Å². The van der Waals surface area contributed by atoms with Gasteiger partial charge in [0.25, 0.3) is 11.5 Å². The smallest absolute Gasteiger partial charge is 0.255 e. The first-order valence-corrected chi connectivity index (χ1v) is 11.2. The third-order valence-corrected chi connectivity index (χ3v) is 6.17. The highest BCUT2D eigenvalue weighted by Gasteiger charge is 2.18. The number of aromatic nitrogens is 1. The van der Waals surface area contributed by atoms with Gasteiger partial charge in [-0.2, -0.15) is 0 Å². The summed E-state index contributed by atoms with van der Waals surface area (Å²) in [7, 11) is 1.34. The monoisotopic (exact) mass is 452 g/mol. The van der Waals surface area contributed by atoms with Crippen LogP contribution < -0.4 is 20.9 Å². The van der Waals surface area contributed by atoms with Gasteiger partial charge in [-0.25, -0.2) is 13.1 Å². The van der Waals surface area contributed by atoms with Crippen LogP contribution in [0.5, 0.6) is 0 Å². The molecule has 1 atom stereocenters. The molecule has 3 rings (SSSR count). The summed E-state index contributed by atoms with van der Waals surface area (Å²) in [6.07, 6.45) is 1.55. The standard InChI is InChI=1S/C21H21BN4O5S/c1-14(25-32(30,31)18-5-3-2-4-6-18)11-23-20(28)16-9-17-8-7-15(12-24-21(22)29)13-26(17)19(27)10-16/h2-10,13-14,25H,11-12H2,1H3,(H,23,28)(H,24,29). The second kappa shape index (κ2) is 9.79. The van der Waals surface area contributed by atoms with E-state index >= 15 is 0 Å². The SMILES string of the molecule is [B]C(=O)NCc1ccc2cc(C(=O)NCC(C)NS(=O)(=O)c3ccccc3)cc(=O)n2c1. The first-order valence-electron chi connectivity index (χ1n) is 9.70. The number of rotatable bonds is 8. The van der Waals surface area contributed by atoms with Gasteiger partial charge < -0.3 is 10.6 Å². The number of benzene rings is 1. The normalized spacial score (nSPS) is 12.3. The van der Waals surface area contributed by atoms with Crippen molar-refractivity contribution in [3.63, 3.8) is 0 Å². The molecule has 164 valence electrons. The number of amides is 2. The Bertz CT molecular complexity index is 1310. The lowest BCUT2D eigenvalue weighted by atomic mass is 10.1. The molecule has 0 aliphatic carbocycles. The quantitative estimate of drug-likeness (QED) is 0.436. The third-order valence-electron chi connectivity index (χ3n) is 4.57. The van der Waals surface area contributed by atoms with Crippen LogP contribution in [0.25, 0.3) is 5.52 Å². The van der Waals surface area contributed by atoms with Crippen molar-refractivity contribution in [3.05, 3.63) is 82.3 Å². The number of carbonyl (C=O) groups is 2. The van der Waals surface area contributed by atoms with E-state index in [4.69, 9.17) is 7.85 Å². The van der Waals surface area contributed by atoms with Crippen LogP contribution in [0.4, 0.5) is 4.79 Å². The molecule has 0 spiro atoms. The molecule has 9 nitrogen and oxygen atoms in total. The lowest BCUT2D eigenvalue weighted by Gasteiger charge is -2.15. The van der Waals surface area contributed by atoms with Crippen LogP contribution >= 0.6 is 0 Å². The number of sulfonamides is 1. The van der Waals surface area contributed by atoms with Crippen molar-refractivity contribution in [2.24, 2.45) is 0 Å². The maximum atomic E-state index is 12.5. The molecule has 32 heavy (non-hydrogen) atoms. The molecule has 0 aliphatic rings. The van der Waals surface area contributed by atoms with Gasteiger partial charge in [-0.15, -0.1) is 0 Å². The zero-order valence-electron chi connectivity index (χ0n) is 17.2. The Morgan fingerprint density at radius 1 is 1.06 bits per heavy atom. The molecule has 0 fully saturated rings. The Balaban J connectivity index is 1.67. The lowest BCUT2D eigenvalue weighted by Crippen LogP contribution is -2.41. The Morgan fingerprint density at radius 3 is 2.47 bits per heavy atom. The highest BCUT2D eigenvalue weighted by atomic mass is 32.2. The molecule has 0 saturated heterocycles. The third kappa shape index (κ3) is 5.83. The van der Waals surface area contributed by atoms with Gasteiger partial charge in [0.05, 0.1) is 4.90 Å². The second-order valence-corrected chi connectivity index (χ2v) is 8.89. The van der Waals surface area contributed by atoms with Crippen LogP contribution in [0.15, 0.2) is 70.5 Å². The summed E-state index contributed by atoms with van der Waals surface area (Å²) in [5, 5.41) is 5.07. The second-order valence-electron chi connectivity index (χ2n) is 7.18. The number of nitrogens with zero attached hydrogens (tertiary/aromatic N) is 1. The average Bonchev–Trinajstić information content (AvgIpc) is 2.76. The molecule has 1 aromatic carbocycles. The first-order chi connectivity index (χ1) is 15.2. The van der Waals surface area contributed by atoms with E-state index in [0.29, 0.717) is 11.1 Å². The van der Waals surface area contributed by atoms with Crippen LogP contribution in [0, 0.1) is 0 Å². The van der Waals surface area contributed by atoms with Crippen LogP contribution in [-0.2, 0) is 16.6 Å². The summed E-state index contributed by atoms with van der Waals surface area (Å²) >= 11 is 0. The molecule has 0 saturated carbocycles. The molecule has 0 aliphatic heterocycles. The minimum absolute atomic E-state index is 0.0298. The number of hydrogen-bond acceptors (Lipinski definition) is 5. The van der Waals surface area contributed by atoms with Crippen molar-refractivity contribution in [2.45, 2.75) is 24.4 Å². The van der Waals surface area contributed by atoms with Gasteiger partial charge in [-0.1, -0.05) is 24.3 Å². The zero-order valence-corrected chi connectivity index (χ0v) is 18.1. The highest BCUT2D eigenvalue weighted by molar-refractivity contribution is 7.89. The summed E-state index contributed by atoms with van der Waals surface area (Å²) in [5.41, 5.74) is 0.876. The number of pyridine rings is 2. The van der Waals surface area contributed by atoms with Gasteiger partial charge in [0, 0.05) is 42.5 Å². The van der Waals surface area contributed by atoms with E-state index in [0.717, 1.165) is 0 Å². The van der Waals surface area contributed by atoms with E-state index in [1.54, 1.807) is 49.5 Å². The molecule has 3 aromatic rings. The fourth-order valence-electron chi connectivity index (χ4n) is 3.02. The summed E-state index contributed by atoms with van der Waals surface area (Å²) in [4.78, 5) is 36.0. The number of hydrogen-bond donors (Lipinski definition) is 3. The Morgan fingerprint density at radius 2 is 1.78 bits per heavy atom. The fraction of sp³-hybridized carbons (Fsp3) is 0.190. The molecule has 2 amide bonds. The maximum absolute atomic E-state index is 12.5. The Hall–Kier alpha value is -3.44. The predicted molar refractivity (Wildman–Crippen MR) is 120 cm³/mol. The summed E-state index contributed by atoms with van der Waals surface area (Å²) in [6.45, 7) is 1.82. The van der Waals surface area contributed by atoms with Crippen LogP contribution in [-0.4, -0.2) is 45.0 Å². The lowest BCUT2D eigenvalue weighted by molar-refractivity contribution is 0.0951. The van der Waals surface area contributed by atoms with Crippen molar-refractivity contribution in [1.82, 2.24) is 19.8 Å². The number of fused-ring (bicyclic) bond motifs is 1. The van der Waals surface area contributed by atoms with Crippen molar-refractivity contribution in [3.8, 4) is 0 Å². The van der Waals surface area contributed by atoms with Gasteiger partial charge >= 0.3 is 0 Å². The topological polar surface area (TPSA) is 126 Å². The van der Waals surface area contributed by atoms with Crippen molar-refractivity contribution in [1.29, 1.82) is 0 Å². The molecule has 2 aromatic heterocycles. The molecule has 2 heterocycles. The molecule has 11 heteroatoms. The van der Waals surface area contributed by atoms with E-state index in [1.165, 1.54) is 22.6 Å². The van der Waals surface area contributed by atoms with E-state index < -0.39 is 33.3 Å². The van der Waals surface area contributed by atoms with Crippen molar-refractivity contribution >= 4 is 35.1 Å². The van der Waals surface area contributed by atoms with Crippen LogP contribution in [0.2, 0.25) is 0 Å². The fourth-order valence-corrected chi connectivity index (χ4v) is 4.28. The summed E-state index contributed by atoms with van der Waals surface area (Å²) in [6, 6.07) is 13.4. The van der Waals surface area contributed by atoms with Crippen molar-refractivity contribution in [2.75, 3.05) is 6.54 Å². The Labute approximate surface area is 186 Å². The van der Waals surface area contributed by atoms with Crippen LogP contribution in [0.1, 0.15) is 22.8 Å². The Kier molecular flexibility index (Phi) is 7.11. The molecular formula is C21H21BN4O5S. The minimum atomic E-state index is -3.71. The summed E-state index contributed by atoms with van der Waals surface area (Å²) < 4.78 is 28.6. The average molecular weight is 452 g/mol. The molecular weight excluding hydrogens is 431 g/mol. The van der Waals surface area contributed by atoms with Gasteiger partial charge in [0.15, 0.2) is 5.81 Å². The first kappa shape index (κ1) is 23.2. The highest BCUT2D eigenvalue weighted by Crippen LogP contribution is 2.09. The van der Waals surface area contributed by atoms with Gasteiger partial charge in [-0.05, 0) is 36.8 Å². The van der Waals surface area contributed by atoms with E-state index in [9.17, 15) is 22.8 Å². The van der Waals surface area contributed by atoms with E-state index in [-0.39, 0.29) is 23.5 Å². The van der Waals surface area contributed by atoms with Crippen molar-refractivity contribution < 1.29 is 18.0 Å². The maximum Gasteiger partial charge on any atom is 0.255 e. The largest absolute Gasteiger partial charge is 0.362 e. The minimum Gasteiger partial charge on any atom is -0.362 e. The zero-order chi connectivity index (χ0) is 23.3. The van der Waals surface area contributed by atoms with E-state index in [1.807, 2.05) is 0 Å². The predicted octanol–water partition coefficient (Wildman–Crippen LogP) is 0.774. The molecule has 0 bridgehead atoms. The number of carbonyl (C=O) groups excluding carboxylic acids is 2. The van der Waals surface area contributed by atoms with Gasteiger partial charge in [0.1, 0.15) is 0 Å². The van der Waals surface area contributed by atoms with E-state index in [2.05, 4.69) is 15.4 Å². The molecule has 1 unspecified atom stereocenters. The summed E-state index contributed by atoms with van der Waals surface area (Å²) in [5.74, 6) is -1.18. The molecule has 2 radical (unpaired) electrons. The van der Waals surface area contributed by atoms with Gasteiger partial charge in [0.2, 0.25) is 17.9 Å².